The number of benzene rings is 2. The lowest BCUT2D eigenvalue weighted by molar-refractivity contribution is 0.0636. The molecule has 1 unspecified atom stereocenters. The van der Waals surface area contributed by atoms with Crippen molar-refractivity contribution in [3.05, 3.63) is 54.1 Å². The monoisotopic (exact) mass is 384 g/mol. The number of rotatable bonds is 2. The van der Waals surface area contributed by atoms with Crippen molar-refractivity contribution in [3.63, 3.8) is 0 Å². The second-order valence-electron chi connectivity index (χ2n) is 7.52. The quantitative estimate of drug-likeness (QED) is 0.775. The fraction of sp³-hybridized carbons (Fsp3) is 0.333. The molecule has 1 N–H and O–H groups in total. The molecule has 2 aromatic carbocycles. The van der Waals surface area contributed by atoms with Crippen LogP contribution in [0.2, 0.25) is 0 Å². The van der Waals surface area contributed by atoms with Gasteiger partial charge in [0, 0.05) is 27.9 Å². The lowest BCUT2D eigenvalue weighted by Gasteiger charge is -2.33. The smallest absolute Gasteiger partial charge is 0.412 e. The zero-order valence-electron chi connectivity index (χ0n) is 16.0. The Morgan fingerprint density at radius 2 is 1.85 bits per heavy atom. The van der Waals surface area contributed by atoms with Crippen LogP contribution in [0.5, 0.6) is 0 Å². The maximum atomic E-state index is 13.0. The maximum Gasteiger partial charge on any atom is 0.412 e. The molecule has 1 heterocycles. The van der Waals surface area contributed by atoms with E-state index in [9.17, 15) is 9.59 Å². The summed E-state index contributed by atoms with van der Waals surface area (Å²) in [6.45, 7) is 8.17. The van der Waals surface area contributed by atoms with Gasteiger partial charge in [-0.3, -0.25) is 10.1 Å². The third-order valence-corrected chi connectivity index (χ3v) is 5.08. The summed E-state index contributed by atoms with van der Waals surface area (Å²) < 4.78 is 5.31. The number of thioether (sulfide) groups is 1. The highest BCUT2D eigenvalue weighted by molar-refractivity contribution is 8.00. The second-order valence-corrected chi connectivity index (χ2v) is 9.00. The molecule has 0 saturated heterocycles. The Labute approximate surface area is 164 Å². The highest BCUT2D eigenvalue weighted by Crippen LogP contribution is 2.40. The molecular formula is C21H24N2O3S. The van der Waals surface area contributed by atoms with Gasteiger partial charge in [-0.2, -0.15) is 0 Å². The Bertz CT molecular complexity index is 846. The van der Waals surface area contributed by atoms with Gasteiger partial charge in [0.15, 0.2) is 0 Å². The van der Waals surface area contributed by atoms with Crippen LogP contribution < -0.4 is 10.2 Å². The number of ether oxygens (including phenoxy) is 1. The van der Waals surface area contributed by atoms with Crippen LogP contribution in [0.3, 0.4) is 0 Å². The van der Waals surface area contributed by atoms with E-state index in [1.165, 1.54) is 0 Å². The van der Waals surface area contributed by atoms with E-state index in [0.29, 0.717) is 17.8 Å². The predicted molar refractivity (Wildman–Crippen MR) is 110 cm³/mol. The van der Waals surface area contributed by atoms with Gasteiger partial charge in [-0.1, -0.05) is 25.1 Å². The first-order valence-corrected chi connectivity index (χ1v) is 9.78. The Morgan fingerprint density at radius 3 is 2.52 bits per heavy atom. The Morgan fingerprint density at radius 1 is 1.15 bits per heavy atom. The van der Waals surface area contributed by atoms with Gasteiger partial charge in [-0.25, -0.2) is 4.79 Å². The van der Waals surface area contributed by atoms with E-state index in [4.69, 9.17) is 4.74 Å². The summed E-state index contributed by atoms with van der Waals surface area (Å²) >= 11 is 1.73. The van der Waals surface area contributed by atoms with Crippen LogP contribution in [0.25, 0.3) is 0 Å². The average Bonchev–Trinajstić information content (AvgIpc) is 2.60. The molecule has 1 aliphatic rings. The molecule has 27 heavy (non-hydrogen) atoms. The number of amides is 2. The summed E-state index contributed by atoms with van der Waals surface area (Å²) in [5, 5.41) is 3.04. The summed E-state index contributed by atoms with van der Waals surface area (Å²) in [6, 6.07) is 14.8. The van der Waals surface area contributed by atoms with E-state index in [2.05, 4.69) is 12.2 Å². The molecule has 0 radical (unpaired) electrons. The summed E-state index contributed by atoms with van der Waals surface area (Å²) in [5.74, 6) is -0.0431. The summed E-state index contributed by atoms with van der Waals surface area (Å²) in [6.07, 6.45) is -0.514. The van der Waals surface area contributed by atoms with Gasteiger partial charge >= 0.3 is 6.09 Å². The van der Waals surface area contributed by atoms with Gasteiger partial charge in [0.05, 0.1) is 5.69 Å². The van der Waals surface area contributed by atoms with E-state index >= 15 is 0 Å². The van der Waals surface area contributed by atoms with Gasteiger partial charge in [0.25, 0.3) is 5.91 Å². The molecule has 6 heteroatoms. The number of carbonyl (C=O) groups excluding carboxylic acids is 2. The first-order valence-electron chi connectivity index (χ1n) is 8.90. The van der Waals surface area contributed by atoms with E-state index in [1.54, 1.807) is 16.7 Å². The molecule has 0 saturated carbocycles. The van der Waals surface area contributed by atoms with Crippen LogP contribution in [-0.2, 0) is 4.74 Å². The molecule has 2 amide bonds. The van der Waals surface area contributed by atoms with Crippen LogP contribution in [0.15, 0.2) is 53.4 Å². The van der Waals surface area contributed by atoms with Gasteiger partial charge in [0.2, 0.25) is 0 Å². The van der Waals surface area contributed by atoms with Crippen molar-refractivity contribution in [2.45, 2.75) is 43.4 Å². The molecule has 0 bridgehead atoms. The number of hydrogen-bond donors (Lipinski definition) is 1. The minimum absolute atomic E-state index is 0.0431. The van der Waals surface area contributed by atoms with Crippen molar-refractivity contribution >= 4 is 35.1 Å². The number of carbonyl (C=O) groups is 2. The molecule has 5 nitrogen and oxygen atoms in total. The van der Waals surface area contributed by atoms with Gasteiger partial charge in [-0.15, -0.1) is 11.8 Å². The van der Waals surface area contributed by atoms with Crippen LogP contribution in [-0.4, -0.2) is 29.4 Å². The maximum absolute atomic E-state index is 13.0. The van der Waals surface area contributed by atoms with Crippen molar-refractivity contribution in [1.29, 1.82) is 0 Å². The zero-order valence-corrected chi connectivity index (χ0v) is 16.8. The number of fused-ring (bicyclic) bond motifs is 1. The summed E-state index contributed by atoms with van der Waals surface area (Å²) in [5.41, 5.74) is 1.48. The third kappa shape index (κ3) is 4.83. The van der Waals surface area contributed by atoms with Gasteiger partial charge in [-0.05, 0) is 51.1 Å². The molecule has 142 valence electrons. The molecule has 0 aliphatic carbocycles. The van der Waals surface area contributed by atoms with E-state index in [1.807, 2.05) is 69.3 Å². The highest BCUT2D eigenvalue weighted by atomic mass is 32.2. The van der Waals surface area contributed by atoms with Gasteiger partial charge < -0.3 is 9.64 Å². The number of nitrogens with one attached hydrogen (secondary N) is 1. The van der Waals surface area contributed by atoms with Crippen molar-refractivity contribution < 1.29 is 14.3 Å². The highest BCUT2D eigenvalue weighted by Gasteiger charge is 2.28. The van der Waals surface area contributed by atoms with Crippen molar-refractivity contribution in [1.82, 2.24) is 0 Å². The fourth-order valence-corrected chi connectivity index (χ4v) is 3.96. The van der Waals surface area contributed by atoms with E-state index in [0.717, 1.165) is 10.6 Å². The molecule has 2 aromatic rings. The molecule has 0 spiro atoms. The Kier molecular flexibility index (Phi) is 5.46. The zero-order chi connectivity index (χ0) is 19.6. The Hall–Kier alpha value is -2.47. The molecular weight excluding hydrogens is 360 g/mol. The molecule has 3 rings (SSSR count). The minimum Gasteiger partial charge on any atom is -0.444 e. The Balaban J connectivity index is 1.88. The molecule has 1 atom stereocenters. The predicted octanol–water partition coefficient (Wildman–Crippen LogP) is 5.17. The first kappa shape index (κ1) is 19.3. The normalized spacial score (nSPS) is 16.4. The second kappa shape index (κ2) is 7.64. The van der Waals surface area contributed by atoms with Crippen LogP contribution in [0.1, 0.15) is 38.1 Å². The molecule has 0 aromatic heterocycles. The van der Waals surface area contributed by atoms with Crippen molar-refractivity contribution in [2.24, 2.45) is 0 Å². The molecule has 1 aliphatic heterocycles. The van der Waals surface area contributed by atoms with Crippen LogP contribution >= 0.6 is 11.8 Å². The SMILES string of the molecule is CC1CN(C(=O)c2ccccc2)c2cc(NC(=O)OC(C)(C)C)ccc2S1. The summed E-state index contributed by atoms with van der Waals surface area (Å²) in [7, 11) is 0. The third-order valence-electron chi connectivity index (χ3n) is 3.93. The number of nitrogens with zero attached hydrogens (tertiary/aromatic N) is 1. The van der Waals surface area contributed by atoms with Gasteiger partial charge in [0.1, 0.15) is 5.60 Å². The fourth-order valence-electron chi connectivity index (χ4n) is 2.87. The topological polar surface area (TPSA) is 58.6 Å². The average molecular weight is 385 g/mol. The molecule has 0 fully saturated rings. The standard InChI is InChI=1S/C21H24N2O3S/c1-14-13-23(19(24)15-8-6-5-7-9-15)17-12-16(10-11-18(17)27-14)22-20(25)26-21(2,3)4/h5-12,14H,13H2,1-4H3,(H,22,25). The largest absolute Gasteiger partial charge is 0.444 e. The van der Waals surface area contributed by atoms with Crippen LogP contribution in [0.4, 0.5) is 16.2 Å². The van der Waals surface area contributed by atoms with E-state index < -0.39 is 11.7 Å². The number of hydrogen-bond acceptors (Lipinski definition) is 4. The number of anilines is 2. The van der Waals surface area contributed by atoms with Crippen molar-refractivity contribution in [2.75, 3.05) is 16.8 Å². The summed E-state index contributed by atoms with van der Waals surface area (Å²) in [4.78, 5) is 27.9. The van der Waals surface area contributed by atoms with Crippen molar-refractivity contribution in [3.8, 4) is 0 Å². The lowest BCUT2D eigenvalue weighted by Crippen LogP contribution is -2.38. The van der Waals surface area contributed by atoms with Crippen LogP contribution in [0, 0.1) is 0 Å². The minimum atomic E-state index is -0.571. The first-order chi connectivity index (χ1) is 12.7. The lowest BCUT2D eigenvalue weighted by atomic mass is 10.1. The van der Waals surface area contributed by atoms with E-state index in [-0.39, 0.29) is 11.2 Å².